The van der Waals surface area contributed by atoms with E-state index in [9.17, 15) is 5.11 Å². The number of halogens is 1. The lowest BCUT2D eigenvalue weighted by Gasteiger charge is -2.31. The topological polar surface area (TPSA) is 49.5 Å². The van der Waals surface area contributed by atoms with Gasteiger partial charge in [0, 0.05) is 23.7 Å². The lowest BCUT2D eigenvalue weighted by atomic mass is 10.1. The molecule has 0 saturated carbocycles. The number of hydrogen-bond acceptors (Lipinski definition) is 3. The van der Waals surface area contributed by atoms with Gasteiger partial charge in [-0.2, -0.15) is 0 Å². The van der Waals surface area contributed by atoms with Gasteiger partial charge in [0.05, 0.1) is 6.61 Å². The molecule has 16 heavy (non-hydrogen) atoms. The van der Waals surface area contributed by atoms with Crippen molar-refractivity contribution >= 4 is 11.6 Å². The van der Waals surface area contributed by atoms with Crippen LogP contribution in [0.1, 0.15) is 18.5 Å². The molecule has 0 fully saturated rings. The number of aliphatic hydroxyl groups excluding tert-OH is 1. The fourth-order valence-electron chi connectivity index (χ4n) is 1.72. The van der Waals surface area contributed by atoms with Gasteiger partial charge in [-0.1, -0.05) is 29.8 Å². The third-order valence-corrected chi connectivity index (χ3v) is 3.37. The monoisotopic (exact) mass is 242 g/mol. The minimum atomic E-state index is -0.0359. The van der Waals surface area contributed by atoms with E-state index in [1.807, 2.05) is 36.2 Å². The number of aliphatic hydroxyl groups is 1. The van der Waals surface area contributed by atoms with Crippen LogP contribution in [0.15, 0.2) is 24.3 Å². The van der Waals surface area contributed by atoms with Crippen LogP contribution >= 0.6 is 11.6 Å². The van der Waals surface area contributed by atoms with Crippen LogP contribution in [0.5, 0.6) is 0 Å². The Morgan fingerprint density at radius 3 is 2.56 bits per heavy atom. The van der Waals surface area contributed by atoms with Crippen LogP contribution in [0.25, 0.3) is 0 Å². The van der Waals surface area contributed by atoms with Crippen molar-refractivity contribution in [1.82, 2.24) is 4.90 Å². The Morgan fingerprint density at radius 2 is 2.06 bits per heavy atom. The molecule has 3 nitrogen and oxygen atoms in total. The first kappa shape index (κ1) is 13.5. The zero-order valence-electron chi connectivity index (χ0n) is 9.73. The highest BCUT2D eigenvalue weighted by atomic mass is 35.5. The van der Waals surface area contributed by atoms with Gasteiger partial charge in [-0.05, 0) is 25.6 Å². The van der Waals surface area contributed by atoms with Crippen molar-refractivity contribution in [2.45, 2.75) is 19.0 Å². The smallest absolute Gasteiger partial charge is 0.0599 e. The van der Waals surface area contributed by atoms with E-state index >= 15 is 0 Å². The van der Waals surface area contributed by atoms with Gasteiger partial charge in [-0.15, -0.1) is 0 Å². The van der Waals surface area contributed by atoms with Crippen molar-refractivity contribution in [2.75, 3.05) is 20.2 Å². The summed E-state index contributed by atoms with van der Waals surface area (Å²) >= 11 is 6.13. The molecule has 0 bridgehead atoms. The molecule has 0 aliphatic heterocycles. The van der Waals surface area contributed by atoms with Crippen LogP contribution < -0.4 is 5.73 Å². The molecule has 0 aliphatic carbocycles. The van der Waals surface area contributed by atoms with E-state index in [4.69, 9.17) is 17.3 Å². The maximum Gasteiger partial charge on any atom is 0.0599 e. The van der Waals surface area contributed by atoms with Crippen molar-refractivity contribution in [2.24, 2.45) is 5.73 Å². The van der Waals surface area contributed by atoms with Crippen LogP contribution in [0.3, 0.4) is 0 Å². The van der Waals surface area contributed by atoms with Gasteiger partial charge in [0.15, 0.2) is 0 Å². The van der Waals surface area contributed by atoms with E-state index in [1.165, 1.54) is 0 Å². The summed E-state index contributed by atoms with van der Waals surface area (Å²) in [6.07, 6.45) is 0. The fourth-order valence-corrected chi connectivity index (χ4v) is 2.01. The highest BCUT2D eigenvalue weighted by Gasteiger charge is 2.20. The maximum atomic E-state index is 9.21. The summed E-state index contributed by atoms with van der Waals surface area (Å²) in [5.74, 6) is 0. The number of hydrogen-bond donors (Lipinski definition) is 2. The number of rotatable bonds is 5. The molecular weight excluding hydrogens is 224 g/mol. The Morgan fingerprint density at radius 1 is 1.44 bits per heavy atom. The van der Waals surface area contributed by atoms with Gasteiger partial charge in [0.2, 0.25) is 0 Å². The number of likely N-dealkylation sites (N-methyl/N-ethyl adjacent to an activating group) is 1. The first-order chi connectivity index (χ1) is 7.61. The lowest BCUT2D eigenvalue weighted by molar-refractivity contribution is 0.120. The molecule has 0 radical (unpaired) electrons. The fraction of sp³-hybridized carbons (Fsp3) is 0.500. The molecule has 1 aromatic rings. The normalized spacial score (nSPS) is 15.1. The maximum absolute atomic E-state index is 9.21. The second kappa shape index (κ2) is 6.21. The minimum Gasteiger partial charge on any atom is -0.395 e. The number of nitrogens with zero attached hydrogens (tertiary/aromatic N) is 1. The van der Waals surface area contributed by atoms with Crippen molar-refractivity contribution in [1.29, 1.82) is 0 Å². The zero-order valence-corrected chi connectivity index (χ0v) is 10.5. The highest BCUT2D eigenvalue weighted by molar-refractivity contribution is 6.31. The van der Waals surface area contributed by atoms with Gasteiger partial charge in [-0.3, -0.25) is 4.90 Å². The van der Waals surface area contributed by atoms with Crippen LogP contribution in [0.2, 0.25) is 5.02 Å². The van der Waals surface area contributed by atoms with E-state index in [1.54, 1.807) is 0 Å². The predicted molar refractivity (Wildman–Crippen MR) is 67.6 cm³/mol. The van der Waals surface area contributed by atoms with Crippen molar-refractivity contribution < 1.29 is 5.11 Å². The van der Waals surface area contributed by atoms with E-state index in [2.05, 4.69) is 6.92 Å². The molecule has 0 heterocycles. The largest absolute Gasteiger partial charge is 0.395 e. The minimum absolute atomic E-state index is 0.0359. The third-order valence-electron chi connectivity index (χ3n) is 3.03. The summed E-state index contributed by atoms with van der Waals surface area (Å²) in [6.45, 7) is 2.54. The molecule has 2 atom stereocenters. The van der Waals surface area contributed by atoms with E-state index < -0.39 is 0 Å². The van der Waals surface area contributed by atoms with Gasteiger partial charge >= 0.3 is 0 Å². The third kappa shape index (κ3) is 2.95. The van der Waals surface area contributed by atoms with E-state index in [0.29, 0.717) is 6.54 Å². The average Bonchev–Trinajstić information content (AvgIpc) is 2.30. The van der Waals surface area contributed by atoms with Crippen molar-refractivity contribution in [3.63, 3.8) is 0 Å². The second-order valence-electron chi connectivity index (χ2n) is 3.94. The SMILES string of the molecule is CC(c1ccccc1Cl)N(C)C(CN)CO. The van der Waals surface area contributed by atoms with Crippen LogP contribution in [0, 0.1) is 0 Å². The number of benzene rings is 1. The molecule has 0 aromatic heterocycles. The number of nitrogens with two attached hydrogens (primary N) is 1. The van der Waals surface area contributed by atoms with E-state index in [0.717, 1.165) is 10.6 Å². The van der Waals surface area contributed by atoms with Gasteiger partial charge < -0.3 is 10.8 Å². The molecule has 3 N–H and O–H groups in total. The Kier molecular flexibility index (Phi) is 5.22. The molecule has 0 aliphatic rings. The molecule has 0 amide bonds. The molecule has 1 aromatic carbocycles. The summed E-state index contributed by atoms with van der Waals surface area (Å²) in [7, 11) is 1.95. The van der Waals surface area contributed by atoms with Gasteiger partial charge in [0.1, 0.15) is 0 Å². The zero-order chi connectivity index (χ0) is 12.1. The van der Waals surface area contributed by atoms with Crippen molar-refractivity contribution in [3.05, 3.63) is 34.9 Å². The molecule has 2 unspecified atom stereocenters. The standard InChI is InChI=1S/C12H19ClN2O/c1-9(15(2)10(7-14)8-16)11-5-3-4-6-12(11)13/h3-6,9-10,16H,7-8,14H2,1-2H3. The lowest BCUT2D eigenvalue weighted by Crippen LogP contribution is -2.42. The Hall–Kier alpha value is -0.610. The van der Waals surface area contributed by atoms with Crippen LogP contribution in [-0.4, -0.2) is 36.2 Å². The molecule has 90 valence electrons. The predicted octanol–water partition coefficient (Wildman–Crippen LogP) is 1.65. The summed E-state index contributed by atoms with van der Waals surface area (Å²) in [6, 6.07) is 7.83. The van der Waals surface area contributed by atoms with E-state index in [-0.39, 0.29) is 18.7 Å². The summed E-state index contributed by atoms with van der Waals surface area (Å²) in [5.41, 5.74) is 6.66. The molecule has 1 rings (SSSR count). The first-order valence-electron chi connectivity index (χ1n) is 5.39. The average molecular weight is 243 g/mol. The Bertz CT molecular complexity index is 329. The second-order valence-corrected chi connectivity index (χ2v) is 4.34. The Labute approximate surface area is 102 Å². The summed E-state index contributed by atoms with van der Waals surface area (Å²) < 4.78 is 0. The summed E-state index contributed by atoms with van der Waals surface area (Å²) in [5, 5.41) is 9.95. The van der Waals surface area contributed by atoms with Crippen LogP contribution in [0.4, 0.5) is 0 Å². The first-order valence-corrected chi connectivity index (χ1v) is 5.76. The van der Waals surface area contributed by atoms with Crippen LogP contribution in [-0.2, 0) is 0 Å². The van der Waals surface area contributed by atoms with Gasteiger partial charge in [0.25, 0.3) is 0 Å². The Balaban J connectivity index is 2.85. The highest BCUT2D eigenvalue weighted by Crippen LogP contribution is 2.27. The molecule has 0 saturated heterocycles. The van der Waals surface area contributed by atoms with Gasteiger partial charge in [-0.25, -0.2) is 0 Å². The summed E-state index contributed by atoms with van der Waals surface area (Å²) in [4.78, 5) is 2.04. The molecule has 0 spiro atoms. The van der Waals surface area contributed by atoms with Crippen molar-refractivity contribution in [3.8, 4) is 0 Å². The molecular formula is C12H19ClN2O. The molecule has 4 heteroatoms. The quantitative estimate of drug-likeness (QED) is 0.826.